The summed E-state index contributed by atoms with van der Waals surface area (Å²) in [7, 11) is 0. The third kappa shape index (κ3) is 2.40. The Balaban J connectivity index is 2.07. The van der Waals surface area contributed by atoms with Crippen molar-refractivity contribution in [2.24, 2.45) is 0 Å². The van der Waals surface area contributed by atoms with Gasteiger partial charge in [0.05, 0.1) is 0 Å². The first-order chi connectivity index (χ1) is 10.2. The van der Waals surface area contributed by atoms with E-state index >= 15 is 0 Å². The monoisotopic (exact) mass is 286 g/mol. The Morgan fingerprint density at radius 1 is 1.05 bits per heavy atom. The predicted molar refractivity (Wildman–Crippen MR) is 69.9 cm³/mol. The van der Waals surface area contributed by atoms with Gasteiger partial charge < -0.3 is 0 Å². The lowest BCUT2D eigenvalue weighted by atomic mass is 10.2. The minimum Gasteiger partial charge on any atom is -0.298 e. The molecule has 5 nitrogen and oxygen atoms in total. The standard InChI is InChI=1S/C14H8F2N4O/c15-11-6-9(8-21)7-12(16)13(11)20-18-14(17-19-20)10-4-2-1-3-5-10/h1-8H. The molecule has 7 heteroatoms. The molecule has 3 rings (SSSR count). The Hall–Kier alpha value is -2.96. The number of hydrogen-bond acceptors (Lipinski definition) is 4. The Morgan fingerprint density at radius 2 is 1.71 bits per heavy atom. The van der Waals surface area contributed by atoms with Crippen LogP contribution >= 0.6 is 0 Å². The third-order valence-electron chi connectivity index (χ3n) is 2.82. The largest absolute Gasteiger partial charge is 0.298 e. The third-order valence-corrected chi connectivity index (χ3v) is 2.82. The molecular weight excluding hydrogens is 278 g/mol. The highest BCUT2D eigenvalue weighted by Crippen LogP contribution is 2.19. The fourth-order valence-electron chi connectivity index (χ4n) is 1.86. The molecule has 0 aliphatic heterocycles. The Labute approximate surface area is 117 Å². The van der Waals surface area contributed by atoms with Gasteiger partial charge in [0.1, 0.15) is 6.29 Å². The molecule has 0 saturated carbocycles. The van der Waals surface area contributed by atoms with Crippen LogP contribution in [0.4, 0.5) is 8.78 Å². The first-order valence-corrected chi connectivity index (χ1v) is 5.99. The highest BCUT2D eigenvalue weighted by Gasteiger charge is 2.16. The van der Waals surface area contributed by atoms with E-state index in [9.17, 15) is 13.6 Å². The van der Waals surface area contributed by atoms with Crippen molar-refractivity contribution in [3.05, 3.63) is 59.7 Å². The fourth-order valence-corrected chi connectivity index (χ4v) is 1.86. The van der Waals surface area contributed by atoms with E-state index in [-0.39, 0.29) is 11.4 Å². The maximum Gasteiger partial charge on any atom is 0.205 e. The van der Waals surface area contributed by atoms with Gasteiger partial charge in [-0.2, -0.15) is 0 Å². The van der Waals surface area contributed by atoms with Crippen molar-refractivity contribution in [3.63, 3.8) is 0 Å². The molecule has 0 amide bonds. The lowest BCUT2D eigenvalue weighted by Gasteiger charge is -2.03. The molecule has 0 unspecified atom stereocenters. The van der Waals surface area contributed by atoms with E-state index in [2.05, 4.69) is 15.4 Å². The zero-order valence-corrected chi connectivity index (χ0v) is 10.6. The molecule has 0 fully saturated rings. The molecule has 0 atom stereocenters. The smallest absolute Gasteiger partial charge is 0.205 e. The van der Waals surface area contributed by atoms with Crippen LogP contribution in [0.3, 0.4) is 0 Å². The van der Waals surface area contributed by atoms with Crippen LogP contribution in [0.25, 0.3) is 17.1 Å². The fraction of sp³-hybridized carbons (Fsp3) is 0. The molecule has 0 aliphatic carbocycles. The zero-order valence-electron chi connectivity index (χ0n) is 10.6. The van der Waals surface area contributed by atoms with E-state index in [1.54, 1.807) is 24.3 Å². The van der Waals surface area contributed by atoms with Gasteiger partial charge in [0, 0.05) is 11.1 Å². The van der Waals surface area contributed by atoms with Gasteiger partial charge in [0.15, 0.2) is 17.3 Å². The summed E-state index contributed by atoms with van der Waals surface area (Å²) in [6.45, 7) is 0. The summed E-state index contributed by atoms with van der Waals surface area (Å²) in [5.41, 5.74) is 0.0986. The molecule has 0 spiro atoms. The minimum absolute atomic E-state index is 0.0999. The number of benzene rings is 2. The Kier molecular flexibility index (Phi) is 3.23. The molecular formula is C14H8F2N4O. The van der Waals surface area contributed by atoms with Gasteiger partial charge in [-0.15, -0.1) is 15.0 Å². The normalized spacial score (nSPS) is 10.6. The molecule has 1 heterocycles. The number of halogens is 2. The van der Waals surface area contributed by atoms with E-state index in [0.717, 1.165) is 16.9 Å². The van der Waals surface area contributed by atoms with Crippen molar-refractivity contribution in [2.75, 3.05) is 0 Å². The molecule has 0 radical (unpaired) electrons. The zero-order chi connectivity index (χ0) is 14.8. The van der Waals surface area contributed by atoms with Gasteiger partial charge in [-0.1, -0.05) is 30.3 Å². The van der Waals surface area contributed by atoms with Crippen LogP contribution in [0.5, 0.6) is 0 Å². The summed E-state index contributed by atoms with van der Waals surface area (Å²) < 4.78 is 27.7. The van der Waals surface area contributed by atoms with Gasteiger partial charge in [-0.3, -0.25) is 4.79 Å². The summed E-state index contributed by atoms with van der Waals surface area (Å²) in [4.78, 5) is 11.3. The molecule has 0 bridgehead atoms. The SMILES string of the molecule is O=Cc1cc(F)c(-n2nnc(-c3ccccc3)n2)c(F)c1. The maximum atomic E-state index is 13.9. The van der Waals surface area contributed by atoms with Gasteiger partial charge >= 0.3 is 0 Å². The van der Waals surface area contributed by atoms with E-state index in [4.69, 9.17) is 0 Å². The average molecular weight is 286 g/mol. The summed E-state index contributed by atoms with van der Waals surface area (Å²) in [6, 6.07) is 10.7. The second-order valence-corrected chi connectivity index (χ2v) is 4.22. The number of nitrogens with zero attached hydrogens (tertiary/aromatic N) is 4. The Bertz CT molecular complexity index is 779. The van der Waals surface area contributed by atoms with Gasteiger partial charge in [-0.05, 0) is 17.3 Å². The van der Waals surface area contributed by atoms with Crippen molar-refractivity contribution in [1.82, 2.24) is 20.2 Å². The highest BCUT2D eigenvalue weighted by atomic mass is 19.1. The maximum absolute atomic E-state index is 13.9. The number of carbonyl (C=O) groups excluding carboxylic acids is 1. The molecule has 21 heavy (non-hydrogen) atoms. The van der Waals surface area contributed by atoms with Crippen molar-refractivity contribution >= 4 is 6.29 Å². The number of carbonyl (C=O) groups is 1. The van der Waals surface area contributed by atoms with Gasteiger partial charge in [0.2, 0.25) is 5.82 Å². The summed E-state index contributed by atoms with van der Waals surface area (Å²) in [6.07, 6.45) is 0.361. The van der Waals surface area contributed by atoms with Crippen molar-refractivity contribution in [2.45, 2.75) is 0 Å². The molecule has 0 N–H and O–H groups in total. The summed E-state index contributed by atoms with van der Waals surface area (Å²) >= 11 is 0. The quantitative estimate of drug-likeness (QED) is 0.694. The molecule has 3 aromatic rings. The van der Waals surface area contributed by atoms with Crippen LogP contribution in [0.1, 0.15) is 10.4 Å². The molecule has 0 aliphatic rings. The lowest BCUT2D eigenvalue weighted by Crippen LogP contribution is -2.06. The van der Waals surface area contributed by atoms with Crippen molar-refractivity contribution in [3.8, 4) is 17.1 Å². The van der Waals surface area contributed by atoms with E-state index < -0.39 is 17.3 Å². The van der Waals surface area contributed by atoms with E-state index in [1.807, 2.05) is 6.07 Å². The topological polar surface area (TPSA) is 60.7 Å². The van der Waals surface area contributed by atoms with Crippen LogP contribution in [0.2, 0.25) is 0 Å². The van der Waals surface area contributed by atoms with Gasteiger partial charge in [-0.25, -0.2) is 8.78 Å². The Morgan fingerprint density at radius 3 is 2.33 bits per heavy atom. The number of hydrogen-bond donors (Lipinski definition) is 0. The van der Waals surface area contributed by atoms with Crippen molar-refractivity contribution < 1.29 is 13.6 Å². The molecule has 104 valence electrons. The van der Waals surface area contributed by atoms with Gasteiger partial charge in [0.25, 0.3) is 0 Å². The first-order valence-electron chi connectivity index (χ1n) is 5.99. The van der Waals surface area contributed by atoms with E-state index in [1.165, 1.54) is 0 Å². The second-order valence-electron chi connectivity index (χ2n) is 4.22. The highest BCUT2D eigenvalue weighted by molar-refractivity contribution is 5.75. The van der Waals surface area contributed by atoms with Crippen LogP contribution in [-0.4, -0.2) is 26.5 Å². The lowest BCUT2D eigenvalue weighted by molar-refractivity contribution is 0.112. The first kappa shape index (κ1) is 13.0. The molecule has 1 aromatic heterocycles. The van der Waals surface area contributed by atoms with Crippen molar-refractivity contribution in [1.29, 1.82) is 0 Å². The number of tetrazole rings is 1. The average Bonchev–Trinajstić information content (AvgIpc) is 2.97. The van der Waals surface area contributed by atoms with E-state index in [0.29, 0.717) is 11.8 Å². The minimum atomic E-state index is -0.936. The number of aldehydes is 1. The molecule has 0 saturated heterocycles. The van der Waals surface area contributed by atoms with Crippen LogP contribution in [-0.2, 0) is 0 Å². The second kappa shape index (κ2) is 5.20. The predicted octanol–water partition coefficient (Wildman–Crippen LogP) is 2.42. The molecule has 2 aromatic carbocycles. The summed E-state index contributed by atoms with van der Waals surface area (Å²) in [5, 5.41) is 11.4. The summed E-state index contributed by atoms with van der Waals surface area (Å²) in [5.74, 6) is -1.63. The van der Waals surface area contributed by atoms with Crippen LogP contribution in [0.15, 0.2) is 42.5 Å². The number of aromatic nitrogens is 4. The van der Waals surface area contributed by atoms with Crippen LogP contribution in [0, 0.1) is 11.6 Å². The number of rotatable bonds is 3. The van der Waals surface area contributed by atoms with Crippen LogP contribution < -0.4 is 0 Å².